The highest BCUT2D eigenvalue weighted by molar-refractivity contribution is 5.91. The Bertz CT molecular complexity index is 1280. The fraction of sp³-hybridized carbons (Fsp3) is 0.160. The maximum atomic E-state index is 13.9. The summed E-state index contributed by atoms with van der Waals surface area (Å²) in [6.45, 7) is 0.317. The second kappa shape index (κ2) is 10.6. The number of amides is 1. The first-order valence-corrected chi connectivity index (χ1v) is 10.4. The van der Waals surface area contributed by atoms with Crippen molar-refractivity contribution >= 4 is 11.6 Å². The van der Waals surface area contributed by atoms with Gasteiger partial charge in [-0.3, -0.25) is 9.78 Å². The third kappa shape index (κ3) is 5.74. The Morgan fingerprint density at radius 3 is 2.65 bits per heavy atom. The van der Waals surface area contributed by atoms with Gasteiger partial charge in [0.2, 0.25) is 5.91 Å². The molecule has 0 fully saturated rings. The number of anilines is 1. The second-order valence-corrected chi connectivity index (χ2v) is 7.30. The maximum Gasteiger partial charge on any atom is 0.224 e. The summed E-state index contributed by atoms with van der Waals surface area (Å²) in [6, 6.07) is 12.0. The molecule has 0 spiro atoms. The van der Waals surface area contributed by atoms with Crippen molar-refractivity contribution in [2.75, 3.05) is 12.4 Å². The number of hydrogen-bond donors (Lipinski definition) is 1. The minimum Gasteiger partial charge on any atom is -0.493 e. The van der Waals surface area contributed by atoms with Gasteiger partial charge in [0.25, 0.3) is 0 Å². The van der Waals surface area contributed by atoms with Crippen LogP contribution < -0.4 is 14.8 Å². The number of aromatic nitrogens is 2. The minimum atomic E-state index is -0.748. The summed E-state index contributed by atoms with van der Waals surface area (Å²) in [5, 5.41) is 2.80. The molecule has 0 aliphatic heterocycles. The van der Waals surface area contributed by atoms with E-state index in [2.05, 4.69) is 15.3 Å². The molecule has 4 rings (SSSR count). The van der Waals surface area contributed by atoms with Crippen molar-refractivity contribution < 1.29 is 27.5 Å². The Hall–Kier alpha value is -4.27. The van der Waals surface area contributed by atoms with E-state index in [0.29, 0.717) is 23.8 Å². The van der Waals surface area contributed by atoms with Gasteiger partial charge in [0.05, 0.1) is 18.9 Å². The topological polar surface area (TPSA) is 86.5 Å². The number of ether oxygens (including phenoxy) is 2. The third-order valence-electron chi connectivity index (χ3n) is 4.91. The van der Waals surface area contributed by atoms with E-state index in [9.17, 15) is 13.6 Å². The lowest BCUT2D eigenvalue weighted by Gasteiger charge is -2.13. The number of benzene rings is 2. The van der Waals surface area contributed by atoms with Crippen molar-refractivity contribution in [3.05, 3.63) is 90.2 Å². The van der Waals surface area contributed by atoms with Gasteiger partial charge in [0, 0.05) is 43.1 Å². The van der Waals surface area contributed by atoms with Gasteiger partial charge in [-0.25, -0.2) is 13.8 Å². The van der Waals surface area contributed by atoms with Crippen LogP contribution in [0.5, 0.6) is 11.5 Å². The van der Waals surface area contributed by atoms with Crippen LogP contribution in [-0.2, 0) is 17.8 Å². The Morgan fingerprint density at radius 2 is 1.88 bits per heavy atom. The van der Waals surface area contributed by atoms with Crippen molar-refractivity contribution in [3.8, 4) is 22.8 Å². The molecule has 0 saturated heterocycles. The molecular weight excluding hydrogens is 444 g/mol. The van der Waals surface area contributed by atoms with Crippen molar-refractivity contribution in [2.45, 2.75) is 19.4 Å². The van der Waals surface area contributed by atoms with Gasteiger partial charge in [-0.1, -0.05) is 0 Å². The van der Waals surface area contributed by atoms with Gasteiger partial charge in [-0.2, -0.15) is 0 Å². The first-order chi connectivity index (χ1) is 16.5. The number of rotatable bonds is 9. The zero-order valence-corrected chi connectivity index (χ0v) is 18.3. The van der Waals surface area contributed by atoms with E-state index in [-0.39, 0.29) is 36.0 Å². The molecule has 0 bridgehead atoms. The number of carbonyl (C=O) groups is 1. The van der Waals surface area contributed by atoms with Gasteiger partial charge in [0.15, 0.2) is 23.1 Å². The zero-order valence-electron chi connectivity index (χ0n) is 18.3. The summed E-state index contributed by atoms with van der Waals surface area (Å²) >= 11 is 0. The number of aryl methyl sites for hydroxylation is 1. The number of methoxy groups -OCH3 is 1. The van der Waals surface area contributed by atoms with Gasteiger partial charge >= 0.3 is 0 Å². The number of nitrogens with one attached hydrogen (secondary N) is 1. The van der Waals surface area contributed by atoms with E-state index < -0.39 is 11.6 Å². The molecule has 2 aromatic heterocycles. The predicted molar refractivity (Wildman–Crippen MR) is 120 cm³/mol. The average molecular weight is 465 g/mol. The van der Waals surface area contributed by atoms with Gasteiger partial charge in [0.1, 0.15) is 18.2 Å². The number of halogens is 2. The molecule has 0 unspecified atom stereocenters. The van der Waals surface area contributed by atoms with Crippen LogP contribution in [-0.4, -0.2) is 23.0 Å². The van der Waals surface area contributed by atoms with Crippen molar-refractivity contribution in [1.82, 2.24) is 9.97 Å². The van der Waals surface area contributed by atoms with Gasteiger partial charge < -0.3 is 19.2 Å². The van der Waals surface area contributed by atoms with Crippen LogP contribution in [0.3, 0.4) is 0 Å². The van der Waals surface area contributed by atoms with E-state index in [4.69, 9.17) is 13.9 Å². The summed E-state index contributed by atoms with van der Waals surface area (Å²) in [4.78, 5) is 20.5. The summed E-state index contributed by atoms with van der Waals surface area (Å²) < 4.78 is 43.7. The molecule has 4 aromatic rings. The SMILES string of the molecule is COc1ccc(NC(=O)CCc2ncc(-c3ccc(F)cc3F)o2)cc1OCc1ccncc1. The number of carbonyl (C=O) groups excluding carboxylic acids is 1. The second-order valence-electron chi connectivity index (χ2n) is 7.30. The molecule has 0 aliphatic carbocycles. The van der Waals surface area contributed by atoms with Crippen LogP contribution in [0.4, 0.5) is 14.5 Å². The molecule has 0 aliphatic rings. The normalized spacial score (nSPS) is 10.7. The molecule has 9 heteroatoms. The van der Waals surface area contributed by atoms with E-state index in [1.54, 1.807) is 30.6 Å². The fourth-order valence-electron chi connectivity index (χ4n) is 3.19. The van der Waals surface area contributed by atoms with Crippen LogP contribution in [0.15, 0.2) is 71.5 Å². The quantitative estimate of drug-likeness (QED) is 0.367. The number of pyridine rings is 1. The Morgan fingerprint density at radius 1 is 1.06 bits per heavy atom. The highest BCUT2D eigenvalue weighted by Gasteiger charge is 2.14. The van der Waals surface area contributed by atoms with Crippen LogP contribution in [0.2, 0.25) is 0 Å². The third-order valence-corrected chi connectivity index (χ3v) is 4.91. The maximum absolute atomic E-state index is 13.9. The van der Waals surface area contributed by atoms with Crippen LogP contribution >= 0.6 is 0 Å². The standard InChI is InChI=1S/C25H21F2N3O4/c1-32-21-5-3-18(13-22(21)33-15-16-8-10-28-11-9-16)30-24(31)6-7-25-29-14-23(34-25)19-4-2-17(26)12-20(19)27/h2-5,8-14H,6-7,15H2,1H3,(H,30,31). The van der Waals surface area contributed by atoms with Gasteiger partial charge in [-0.05, 0) is 42.0 Å². The molecule has 34 heavy (non-hydrogen) atoms. The fourth-order valence-corrected chi connectivity index (χ4v) is 3.19. The smallest absolute Gasteiger partial charge is 0.224 e. The minimum absolute atomic E-state index is 0.0884. The zero-order chi connectivity index (χ0) is 23.9. The number of hydrogen-bond acceptors (Lipinski definition) is 6. The Kier molecular flexibility index (Phi) is 7.12. The van der Waals surface area contributed by atoms with Crippen LogP contribution in [0.25, 0.3) is 11.3 Å². The summed E-state index contributed by atoms with van der Waals surface area (Å²) in [6.07, 6.45) is 5.00. The summed E-state index contributed by atoms with van der Waals surface area (Å²) in [5.74, 6) is -0.241. The molecule has 0 atom stereocenters. The molecule has 0 saturated carbocycles. The molecule has 2 aromatic carbocycles. The highest BCUT2D eigenvalue weighted by atomic mass is 19.1. The molecule has 0 radical (unpaired) electrons. The van der Waals surface area contributed by atoms with Crippen molar-refractivity contribution in [2.24, 2.45) is 0 Å². The van der Waals surface area contributed by atoms with Crippen molar-refractivity contribution in [3.63, 3.8) is 0 Å². The predicted octanol–water partition coefficient (Wildman–Crippen LogP) is 5.17. The highest BCUT2D eigenvalue weighted by Crippen LogP contribution is 2.31. The lowest BCUT2D eigenvalue weighted by molar-refractivity contribution is -0.116. The average Bonchev–Trinajstić information content (AvgIpc) is 3.31. The molecule has 7 nitrogen and oxygen atoms in total. The lowest BCUT2D eigenvalue weighted by Crippen LogP contribution is -2.12. The molecule has 1 amide bonds. The largest absolute Gasteiger partial charge is 0.493 e. The van der Waals surface area contributed by atoms with E-state index in [1.165, 1.54) is 19.4 Å². The monoisotopic (exact) mass is 465 g/mol. The van der Waals surface area contributed by atoms with Crippen LogP contribution in [0, 0.1) is 11.6 Å². The Labute approximate surface area is 194 Å². The summed E-state index contributed by atoms with van der Waals surface area (Å²) in [5.41, 5.74) is 1.58. The molecule has 174 valence electrons. The summed E-state index contributed by atoms with van der Waals surface area (Å²) in [7, 11) is 1.54. The van der Waals surface area contributed by atoms with E-state index in [1.807, 2.05) is 12.1 Å². The van der Waals surface area contributed by atoms with E-state index in [0.717, 1.165) is 17.7 Å². The molecule has 2 heterocycles. The van der Waals surface area contributed by atoms with Crippen molar-refractivity contribution in [1.29, 1.82) is 0 Å². The number of oxazole rings is 1. The molecular formula is C25H21F2N3O4. The van der Waals surface area contributed by atoms with Crippen LogP contribution in [0.1, 0.15) is 17.9 Å². The van der Waals surface area contributed by atoms with Gasteiger partial charge in [-0.15, -0.1) is 0 Å². The molecule has 1 N–H and O–H groups in total. The number of nitrogens with zero attached hydrogens (tertiary/aromatic N) is 2. The lowest BCUT2D eigenvalue weighted by atomic mass is 10.2. The van der Waals surface area contributed by atoms with E-state index >= 15 is 0 Å². The first-order valence-electron chi connectivity index (χ1n) is 10.4. The Balaban J connectivity index is 1.35. The first kappa shape index (κ1) is 22.9.